The van der Waals surface area contributed by atoms with Gasteiger partial charge in [0.05, 0.1) is 35.1 Å². The fourth-order valence-electron chi connectivity index (χ4n) is 3.56. The number of rotatable bonds is 6. The molecule has 27 heavy (non-hydrogen) atoms. The lowest BCUT2D eigenvalue weighted by Crippen LogP contribution is -2.23. The van der Waals surface area contributed by atoms with Gasteiger partial charge in [0.2, 0.25) is 0 Å². The van der Waals surface area contributed by atoms with Crippen LogP contribution >= 0.6 is 11.6 Å². The minimum Gasteiger partial charge on any atom is -0.397 e. The molecule has 140 valence electrons. The number of carbonyl (C=O) groups is 1. The quantitative estimate of drug-likeness (QED) is 0.652. The van der Waals surface area contributed by atoms with Crippen LogP contribution in [0.25, 0.3) is 11.0 Å². The highest BCUT2D eigenvalue weighted by molar-refractivity contribution is 6.31. The van der Waals surface area contributed by atoms with Crippen molar-refractivity contribution in [3.05, 3.63) is 52.3 Å². The standard InChI is InChI=1S/C20H22ClN5O/c1-2-3-6-9-26-19-14(10-23-26)18(22)17-16(24-19)12-25(20(17)27)11-13-7-4-5-8-15(13)21/h4-5,7-8,10H,2-3,6,9,11-12H2,1H3,(H2,22,24). The van der Waals surface area contributed by atoms with Crippen LogP contribution in [0.5, 0.6) is 0 Å². The number of hydrogen-bond donors (Lipinski definition) is 1. The molecule has 0 radical (unpaired) electrons. The van der Waals surface area contributed by atoms with E-state index in [1.807, 2.05) is 28.9 Å². The molecule has 7 heteroatoms. The van der Waals surface area contributed by atoms with Crippen molar-refractivity contribution in [3.8, 4) is 0 Å². The van der Waals surface area contributed by atoms with Crippen LogP contribution in [0.3, 0.4) is 0 Å². The topological polar surface area (TPSA) is 77.0 Å². The summed E-state index contributed by atoms with van der Waals surface area (Å²) in [6.07, 6.45) is 5.05. The highest BCUT2D eigenvalue weighted by Crippen LogP contribution is 2.33. The molecular formula is C20H22ClN5O. The van der Waals surface area contributed by atoms with E-state index in [1.54, 1.807) is 11.1 Å². The van der Waals surface area contributed by atoms with Gasteiger partial charge in [-0.25, -0.2) is 9.67 Å². The lowest BCUT2D eigenvalue weighted by molar-refractivity contribution is 0.0767. The van der Waals surface area contributed by atoms with Gasteiger partial charge in [-0.3, -0.25) is 4.79 Å². The van der Waals surface area contributed by atoms with Crippen LogP contribution in [0.4, 0.5) is 5.69 Å². The predicted octanol–water partition coefficient (Wildman–Crippen LogP) is 4.01. The molecule has 0 aliphatic carbocycles. The second kappa shape index (κ2) is 7.19. The SMILES string of the molecule is CCCCCn1ncc2c(N)c3c(nc21)CN(Cc1ccccc1Cl)C3=O. The Bertz CT molecular complexity index is 1010. The van der Waals surface area contributed by atoms with Crippen molar-refractivity contribution in [2.75, 3.05) is 5.73 Å². The number of benzene rings is 1. The molecule has 0 unspecified atom stereocenters. The second-order valence-corrected chi connectivity index (χ2v) is 7.32. The Morgan fingerprint density at radius 3 is 2.85 bits per heavy atom. The number of carbonyl (C=O) groups excluding carboxylic acids is 1. The summed E-state index contributed by atoms with van der Waals surface area (Å²) in [5.41, 5.74) is 9.71. The molecule has 0 saturated heterocycles. The zero-order chi connectivity index (χ0) is 19.0. The number of nitrogens with zero attached hydrogens (tertiary/aromatic N) is 4. The number of pyridine rings is 1. The predicted molar refractivity (Wildman–Crippen MR) is 106 cm³/mol. The van der Waals surface area contributed by atoms with Crippen LogP contribution in [0.15, 0.2) is 30.5 Å². The fraction of sp³-hybridized carbons (Fsp3) is 0.350. The van der Waals surface area contributed by atoms with Gasteiger partial charge < -0.3 is 10.6 Å². The number of unbranched alkanes of at least 4 members (excludes halogenated alkanes) is 2. The number of fused-ring (bicyclic) bond motifs is 2. The molecule has 0 saturated carbocycles. The molecule has 0 bridgehead atoms. The average molecular weight is 384 g/mol. The normalized spacial score (nSPS) is 13.6. The van der Waals surface area contributed by atoms with Crippen LogP contribution in [0, 0.1) is 0 Å². The second-order valence-electron chi connectivity index (χ2n) is 6.91. The third-order valence-corrected chi connectivity index (χ3v) is 5.40. The van der Waals surface area contributed by atoms with Crippen molar-refractivity contribution in [2.24, 2.45) is 0 Å². The summed E-state index contributed by atoms with van der Waals surface area (Å²) in [5.74, 6) is -0.101. The summed E-state index contributed by atoms with van der Waals surface area (Å²) in [7, 11) is 0. The maximum atomic E-state index is 12.9. The molecule has 2 aromatic heterocycles. The number of hydrogen-bond acceptors (Lipinski definition) is 4. The molecule has 0 atom stereocenters. The van der Waals surface area contributed by atoms with Gasteiger partial charge >= 0.3 is 0 Å². The Morgan fingerprint density at radius 1 is 1.26 bits per heavy atom. The summed E-state index contributed by atoms with van der Waals surface area (Å²) in [6, 6.07) is 7.55. The van der Waals surface area contributed by atoms with Gasteiger partial charge in [0.1, 0.15) is 0 Å². The largest absolute Gasteiger partial charge is 0.397 e. The smallest absolute Gasteiger partial charge is 0.258 e. The van der Waals surface area contributed by atoms with Crippen molar-refractivity contribution >= 4 is 34.2 Å². The molecule has 0 spiro atoms. The Morgan fingerprint density at radius 2 is 2.07 bits per heavy atom. The van der Waals surface area contributed by atoms with Crippen molar-refractivity contribution in [3.63, 3.8) is 0 Å². The van der Waals surface area contributed by atoms with Gasteiger partial charge in [0, 0.05) is 18.1 Å². The minimum atomic E-state index is -0.101. The first-order valence-corrected chi connectivity index (χ1v) is 9.64. The van der Waals surface area contributed by atoms with Crippen molar-refractivity contribution in [1.29, 1.82) is 0 Å². The molecule has 1 amide bonds. The van der Waals surface area contributed by atoms with E-state index >= 15 is 0 Å². The highest BCUT2D eigenvalue weighted by Gasteiger charge is 2.33. The molecule has 1 aliphatic heterocycles. The Labute approximate surface area is 162 Å². The van der Waals surface area contributed by atoms with Crippen molar-refractivity contribution in [2.45, 2.75) is 45.8 Å². The molecule has 1 aromatic carbocycles. The maximum Gasteiger partial charge on any atom is 0.258 e. The lowest BCUT2D eigenvalue weighted by Gasteiger charge is -2.16. The summed E-state index contributed by atoms with van der Waals surface area (Å²) in [5, 5.41) is 5.82. The van der Waals surface area contributed by atoms with Crippen LogP contribution in [-0.2, 0) is 19.6 Å². The van der Waals surface area contributed by atoms with E-state index in [0.717, 1.165) is 42.4 Å². The highest BCUT2D eigenvalue weighted by atomic mass is 35.5. The number of aryl methyl sites for hydroxylation is 1. The molecule has 2 N–H and O–H groups in total. The summed E-state index contributed by atoms with van der Waals surface area (Å²) >= 11 is 6.25. The molecule has 3 aromatic rings. The molecule has 4 rings (SSSR count). The van der Waals surface area contributed by atoms with Gasteiger partial charge in [-0.1, -0.05) is 49.6 Å². The van der Waals surface area contributed by atoms with Crippen LogP contribution < -0.4 is 5.73 Å². The van der Waals surface area contributed by atoms with Gasteiger partial charge in [0.15, 0.2) is 5.65 Å². The number of nitrogen functional groups attached to an aromatic ring is 1. The first-order valence-electron chi connectivity index (χ1n) is 9.26. The van der Waals surface area contributed by atoms with Gasteiger partial charge in [-0.2, -0.15) is 5.10 Å². The first-order chi connectivity index (χ1) is 13.1. The third-order valence-electron chi connectivity index (χ3n) is 5.03. The lowest BCUT2D eigenvalue weighted by atomic mass is 10.1. The maximum absolute atomic E-state index is 12.9. The van der Waals surface area contributed by atoms with Crippen LogP contribution in [0.1, 0.15) is 47.8 Å². The molecule has 0 fully saturated rings. The van der Waals surface area contributed by atoms with Gasteiger partial charge in [0.25, 0.3) is 5.91 Å². The van der Waals surface area contributed by atoms with Crippen molar-refractivity contribution in [1.82, 2.24) is 19.7 Å². The van der Waals surface area contributed by atoms with E-state index < -0.39 is 0 Å². The Kier molecular flexibility index (Phi) is 4.74. The Balaban J connectivity index is 1.65. The van der Waals surface area contributed by atoms with E-state index in [4.69, 9.17) is 22.3 Å². The van der Waals surface area contributed by atoms with E-state index in [2.05, 4.69) is 12.0 Å². The number of anilines is 1. The summed E-state index contributed by atoms with van der Waals surface area (Å²) < 4.78 is 1.89. The van der Waals surface area contributed by atoms with Crippen LogP contribution in [-0.4, -0.2) is 25.6 Å². The summed E-state index contributed by atoms with van der Waals surface area (Å²) in [4.78, 5) is 19.4. The minimum absolute atomic E-state index is 0.101. The van der Waals surface area contributed by atoms with E-state index in [9.17, 15) is 4.79 Å². The van der Waals surface area contributed by atoms with Crippen molar-refractivity contribution < 1.29 is 4.79 Å². The van der Waals surface area contributed by atoms with Gasteiger partial charge in [-0.15, -0.1) is 0 Å². The van der Waals surface area contributed by atoms with E-state index in [-0.39, 0.29) is 5.91 Å². The number of amides is 1. The number of halogens is 1. The van der Waals surface area contributed by atoms with E-state index in [1.165, 1.54) is 0 Å². The summed E-state index contributed by atoms with van der Waals surface area (Å²) in [6.45, 7) is 3.84. The number of nitrogens with two attached hydrogens (primary N) is 1. The Hall–Kier alpha value is -2.60. The molecule has 6 nitrogen and oxygen atoms in total. The zero-order valence-electron chi connectivity index (χ0n) is 15.3. The van der Waals surface area contributed by atoms with Crippen LogP contribution in [0.2, 0.25) is 5.02 Å². The molecule has 3 heterocycles. The van der Waals surface area contributed by atoms with E-state index in [0.29, 0.717) is 35.1 Å². The third kappa shape index (κ3) is 3.14. The molecular weight excluding hydrogens is 362 g/mol. The number of aromatic nitrogens is 3. The average Bonchev–Trinajstić information content (AvgIpc) is 3.20. The fourth-order valence-corrected chi connectivity index (χ4v) is 3.76. The first kappa shape index (κ1) is 17.8. The monoisotopic (exact) mass is 383 g/mol. The molecule has 1 aliphatic rings. The zero-order valence-corrected chi connectivity index (χ0v) is 16.0. The van der Waals surface area contributed by atoms with Gasteiger partial charge in [-0.05, 0) is 18.1 Å².